The topological polar surface area (TPSA) is 60.0 Å². The Morgan fingerprint density at radius 2 is 1.62 bits per heavy atom. The lowest BCUT2D eigenvalue weighted by molar-refractivity contribution is -0.138. The van der Waals surface area contributed by atoms with E-state index in [0.717, 1.165) is 44.7 Å². The maximum atomic E-state index is 12.8. The molecule has 1 saturated heterocycles. The molecule has 0 aromatic heterocycles. The molecule has 0 spiro atoms. The average molecular weight is 556 g/mol. The van der Waals surface area contributed by atoms with Gasteiger partial charge in [0.15, 0.2) is 5.96 Å². The number of nitrogens with zero attached hydrogens (tertiary/aromatic N) is 3. The normalized spacial score (nSPS) is 19.0. The van der Waals surface area contributed by atoms with Crippen LogP contribution in [-0.4, -0.2) is 62.4 Å². The summed E-state index contributed by atoms with van der Waals surface area (Å²) < 4.78 is 0. The van der Waals surface area contributed by atoms with Crippen LogP contribution in [0.3, 0.4) is 0 Å². The molecule has 1 amide bonds. The highest BCUT2D eigenvalue weighted by Crippen LogP contribution is 2.38. The zero-order valence-electron chi connectivity index (χ0n) is 20.2. The van der Waals surface area contributed by atoms with Crippen molar-refractivity contribution in [1.29, 1.82) is 0 Å². The van der Waals surface area contributed by atoms with Crippen LogP contribution in [0, 0.1) is 5.41 Å². The molecular formula is C25H42IN5O. The Balaban J connectivity index is 0.00000363. The van der Waals surface area contributed by atoms with Gasteiger partial charge in [-0.1, -0.05) is 49.9 Å². The van der Waals surface area contributed by atoms with E-state index in [1.165, 1.54) is 49.9 Å². The number of aliphatic imine (C=N–C) groups is 1. The molecular weight excluding hydrogens is 513 g/mol. The predicted molar refractivity (Wildman–Crippen MR) is 143 cm³/mol. The zero-order valence-corrected chi connectivity index (χ0v) is 22.5. The maximum absolute atomic E-state index is 12.8. The summed E-state index contributed by atoms with van der Waals surface area (Å²) in [5, 5.41) is 6.93. The Hall–Kier alpha value is -1.35. The minimum Gasteiger partial charge on any atom is -0.355 e. The molecule has 2 N–H and O–H groups in total. The molecule has 0 unspecified atom stereocenters. The van der Waals surface area contributed by atoms with Crippen molar-refractivity contribution in [3.05, 3.63) is 35.4 Å². The first-order valence-corrected chi connectivity index (χ1v) is 12.0. The number of nitrogens with one attached hydrogen (secondary N) is 2. The fourth-order valence-electron chi connectivity index (χ4n) is 5.06. The monoisotopic (exact) mass is 555 g/mol. The van der Waals surface area contributed by atoms with Crippen LogP contribution in [0.2, 0.25) is 0 Å². The van der Waals surface area contributed by atoms with Gasteiger partial charge in [-0.15, -0.1) is 24.0 Å². The predicted octanol–water partition coefficient (Wildman–Crippen LogP) is 3.99. The molecule has 0 radical (unpaired) electrons. The Morgan fingerprint density at radius 1 is 1.00 bits per heavy atom. The second-order valence-corrected chi connectivity index (χ2v) is 9.43. The number of hydrogen-bond acceptors (Lipinski definition) is 3. The van der Waals surface area contributed by atoms with Crippen LogP contribution in [0.15, 0.2) is 29.3 Å². The third kappa shape index (κ3) is 7.33. The third-order valence-electron chi connectivity index (χ3n) is 6.90. The number of halogens is 1. The first-order chi connectivity index (χ1) is 15.0. The summed E-state index contributed by atoms with van der Waals surface area (Å²) in [5.74, 6) is 0.998. The van der Waals surface area contributed by atoms with Gasteiger partial charge in [0.05, 0.1) is 5.41 Å². The number of likely N-dealkylation sites (tertiary alicyclic amines) is 1. The lowest BCUT2D eigenvalue weighted by atomic mass is 9.84. The molecule has 1 aromatic carbocycles. The molecule has 0 atom stereocenters. The third-order valence-corrected chi connectivity index (χ3v) is 6.90. The van der Waals surface area contributed by atoms with Crippen molar-refractivity contribution in [3.63, 3.8) is 0 Å². The van der Waals surface area contributed by atoms with E-state index in [0.29, 0.717) is 6.54 Å². The van der Waals surface area contributed by atoms with Crippen LogP contribution in [-0.2, 0) is 17.9 Å². The van der Waals surface area contributed by atoms with Gasteiger partial charge in [0.25, 0.3) is 0 Å². The second-order valence-electron chi connectivity index (χ2n) is 9.43. The van der Waals surface area contributed by atoms with Gasteiger partial charge in [-0.25, -0.2) is 0 Å². The standard InChI is InChI=1S/C25H41N5O.HI/c1-26-24(28-20-25(14-8-9-15-25)23(31)29(2)3)27-18-21-12-6-7-13-22(21)19-30-16-10-4-5-11-17-30;/h6-7,12-13H,4-5,8-11,14-20H2,1-3H3,(H2,26,27,28);1H. The van der Waals surface area contributed by atoms with Gasteiger partial charge in [0.2, 0.25) is 5.91 Å². The van der Waals surface area contributed by atoms with Gasteiger partial charge in [-0.05, 0) is 49.9 Å². The van der Waals surface area contributed by atoms with E-state index in [9.17, 15) is 4.79 Å². The van der Waals surface area contributed by atoms with E-state index in [1.807, 2.05) is 14.1 Å². The Labute approximate surface area is 211 Å². The summed E-state index contributed by atoms with van der Waals surface area (Å²) >= 11 is 0. The molecule has 180 valence electrons. The molecule has 6 nitrogen and oxygen atoms in total. The van der Waals surface area contributed by atoms with Crippen LogP contribution in [0.1, 0.15) is 62.5 Å². The van der Waals surface area contributed by atoms with Crippen molar-refractivity contribution < 1.29 is 4.79 Å². The molecule has 32 heavy (non-hydrogen) atoms. The summed E-state index contributed by atoms with van der Waals surface area (Å²) in [6.07, 6.45) is 9.49. The SMILES string of the molecule is CN=C(NCc1ccccc1CN1CCCCCC1)NCC1(C(=O)N(C)C)CCCC1.I. The lowest BCUT2D eigenvalue weighted by Crippen LogP contribution is -2.49. The zero-order chi connectivity index (χ0) is 22.1. The number of carbonyl (C=O) groups is 1. The molecule has 0 bridgehead atoms. The highest BCUT2D eigenvalue weighted by atomic mass is 127. The Morgan fingerprint density at radius 3 is 2.22 bits per heavy atom. The molecule has 1 aliphatic heterocycles. The number of amides is 1. The van der Waals surface area contributed by atoms with Crippen molar-refractivity contribution in [2.75, 3.05) is 40.8 Å². The number of guanidine groups is 1. The molecule has 3 rings (SSSR count). The lowest BCUT2D eigenvalue weighted by Gasteiger charge is -2.31. The van der Waals surface area contributed by atoms with Crippen LogP contribution in [0.5, 0.6) is 0 Å². The molecule has 2 aliphatic rings. The van der Waals surface area contributed by atoms with E-state index >= 15 is 0 Å². The van der Waals surface area contributed by atoms with E-state index in [4.69, 9.17) is 0 Å². The van der Waals surface area contributed by atoms with Gasteiger partial charge in [0.1, 0.15) is 0 Å². The van der Waals surface area contributed by atoms with E-state index < -0.39 is 0 Å². The van der Waals surface area contributed by atoms with E-state index in [-0.39, 0.29) is 35.3 Å². The van der Waals surface area contributed by atoms with Crippen molar-refractivity contribution in [2.24, 2.45) is 10.4 Å². The molecule has 1 aromatic rings. The van der Waals surface area contributed by atoms with Gasteiger partial charge >= 0.3 is 0 Å². The number of rotatable bonds is 7. The average Bonchev–Trinajstić information content (AvgIpc) is 3.12. The van der Waals surface area contributed by atoms with Crippen molar-refractivity contribution >= 4 is 35.8 Å². The number of carbonyl (C=O) groups excluding carboxylic acids is 1. The minimum absolute atomic E-state index is 0. The Kier molecular flexibility index (Phi) is 11.2. The minimum atomic E-state index is -0.300. The van der Waals surface area contributed by atoms with Gasteiger partial charge in [-0.2, -0.15) is 0 Å². The first kappa shape index (κ1) is 26.9. The molecule has 2 fully saturated rings. The largest absolute Gasteiger partial charge is 0.355 e. The van der Waals surface area contributed by atoms with Gasteiger partial charge < -0.3 is 15.5 Å². The van der Waals surface area contributed by atoms with Crippen LogP contribution in [0.4, 0.5) is 0 Å². The summed E-state index contributed by atoms with van der Waals surface area (Å²) in [6, 6.07) is 8.71. The van der Waals surface area contributed by atoms with Crippen molar-refractivity contribution in [2.45, 2.75) is 64.5 Å². The van der Waals surface area contributed by atoms with Crippen molar-refractivity contribution in [1.82, 2.24) is 20.4 Å². The molecule has 1 heterocycles. The number of hydrogen-bond donors (Lipinski definition) is 2. The maximum Gasteiger partial charge on any atom is 0.230 e. The first-order valence-electron chi connectivity index (χ1n) is 12.0. The Bertz CT molecular complexity index is 738. The van der Waals surface area contributed by atoms with Crippen molar-refractivity contribution in [3.8, 4) is 0 Å². The second kappa shape index (κ2) is 13.4. The van der Waals surface area contributed by atoms with Crippen LogP contribution < -0.4 is 10.6 Å². The van der Waals surface area contributed by atoms with Crippen LogP contribution >= 0.6 is 24.0 Å². The summed E-state index contributed by atoms with van der Waals surface area (Å²) in [5.41, 5.74) is 2.41. The van der Waals surface area contributed by atoms with Gasteiger partial charge in [0, 0.05) is 40.8 Å². The highest BCUT2D eigenvalue weighted by Gasteiger charge is 2.42. The molecule has 7 heteroatoms. The molecule has 1 aliphatic carbocycles. The summed E-state index contributed by atoms with van der Waals surface area (Å²) in [7, 11) is 5.51. The fraction of sp³-hybridized carbons (Fsp3) is 0.680. The number of benzene rings is 1. The fourth-order valence-corrected chi connectivity index (χ4v) is 5.06. The van der Waals surface area contributed by atoms with Gasteiger partial charge in [-0.3, -0.25) is 14.7 Å². The van der Waals surface area contributed by atoms with Crippen LogP contribution in [0.25, 0.3) is 0 Å². The smallest absolute Gasteiger partial charge is 0.230 e. The highest BCUT2D eigenvalue weighted by molar-refractivity contribution is 14.0. The van der Waals surface area contributed by atoms with E-state index in [2.05, 4.69) is 44.8 Å². The molecule has 1 saturated carbocycles. The quantitative estimate of drug-likeness (QED) is 0.304. The summed E-state index contributed by atoms with van der Waals surface area (Å²) in [4.78, 5) is 21.6. The van der Waals surface area contributed by atoms with E-state index in [1.54, 1.807) is 11.9 Å². The summed E-state index contributed by atoms with van der Waals surface area (Å²) in [6.45, 7) is 4.79.